The van der Waals surface area contributed by atoms with Crippen LogP contribution in [0.25, 0.3) is 11.3 Å². The third-order valence-corrected chi connectivity index (χ3v) is 4.81. The van der Waals surface area contributed by atoms with Crippen LogP contribution in [0.5, 0.6) is 23.0 Å². The van der Waals surface area contributed by atoms with Crippen LogP contribution in [0.15, 0.2) is 48.7 Å². The van der Waals surface area contributed by atoms with Crippen LogP contribution in [0.2, 0.25) is 0 Å². The number of hydrogen-bond acceptors (Lipinski definition) is 6. The van der Waals surface area contributed by atoms with Crippen molar-refractivity contribution in [1.82, 2.24) is 15.1 Å². The van der Waals surface area contributed by atoms with Gasteiger partial charge < -0.3 is 24.3 Å². The summed E-state index contributed by atoms with van der Waals surface area (Å²) < 4.78 is 23.9. The number of ether oxygens (including phenoxy) is 4. The Morgan fingerprint density at radius 1 is 1.10 bits per heavy atom. The minimum absolute atomic E-state index is 0.214. The van der Waals surface area contributed by atoms with Crippen LogP contribution in [0.3, 0.4) is 0 Å². The van der Waals surface area contributed by atoms with Gasteiger partial charge in [0.2, 0.25) is 0 Å². The number of hydrogen-bond donors (Lipinski definition) is 1. The fourth-order valence-corrected chi connectivity index (χ4v) is 3.28. The number of aryl methyl sites for hydroxylation is 1. The molecule has 2 aromatic carbocycles. The molecule has 0 bridgehead atoms. The number of nitrogens with zero attached hydrogens (tertiary/aromatic N) is 2. The highest BCUT2D eigenvalue weighted by atomic mass is 16.5. The van der Waals surface area contributed by atoms with Crippen LogP contribution in [-0.4, -0.2) is 49.2 Å². The Kier molecular flexibility index (Phi) is 6.26. The molecule has 0 unspecified atom stereocenters. The number of methoxy groups -OCH3 is 1. The highest BCUT2D eigenvalue weighted by Gasteiger charge is 2.19. The van der Waals surface area contributed by atoms with Gasteiger partial charge in [-0.15, -0.1) is 0 Å². The van der Waals surface area contributed by atoms with E-state index in [1.807, 2.05) is 42.5 Å². The number of amides is 1. The van der Waals surface area contributed by atoms with Crippen molar-refractivity contribution >= 4 is 5.91 Å². The molecule has 1 aliphatic heterocycles. The van der Waals surface area contributed by atoms with Gasteiger partial charge in [0.25, 0.3) is 5.91 Å². The van der Waals surface area contributed by atoms with Crippen LogP contribution in [0.4, 0.5) is 0 Å². The van der Waals surface area contributed by atoms with Crippen molar-refractivity contribution in [2.75, 3.05) is 33.5 Å². The third-order valence-electron chi connectivity index (χ3n) is 4.81. The summed E-state index contributed by atoms with van der Waals surface area (Å²) in [5.41, 5.74) is 1.87. The predicted octanol–water partition coefficient (Wildman–Crippen LogP) is 3.07. The van der Waals surface area contributed by atoms with Crippen molar-refractivity contribution in [3.8, 4) is 34.3 Å². The van der Waals surface area contributed by atoms with Gasteiger partial charge >= 0.3 is 0 Å². The van der Waals surface area contributed by atoms with Crippen LogP contribution < -0.4 is 24.3 Å². The maximum absolute atomic E-state index is 12.8. The first-order valence-electron chi connectivity index (χ1n) is 10.1. The number of benzene rings is 2. The van der Waals surface area contributed by atoms with E-state index in [0.29, 0.717) is 54.9 Å². The standard InChI is InChI=1S/C23H25N3O5/c1-26-15-19(23(27)24-10-13-29-18-7-5-17(28-2)6-8-18)22(25-26)16-4-9-20-21(14-16)31-12-3-11-30-20/h4-9,14-15H,3,10-13H2,1-2H3,(H,24,27). The average molecular weight is 423 g/mol. The molecule has 0 fully saturated rings. The van der Waals surface area contributed by atoms with Crippen molar-refractivity contribution < 1.29 is 23.7 Å². The zero-order chi connectivity index (χ0) is 21.6. The molecule has 2 heterocycles. The van der Waals surface area contributed by atoms with Crippen molar-refractivity contribution in [2.24, 2.45) is 7.05 Å². The SMILES string of the molecule is COc1ccc(OCCNC(=O)c2cn(C)nc2-c2ccc3c(c2)OCCCO3)cc1. The summed E-state index contributed by atoms with van der Waals surface area (Å²) in [5.74, 6) is 2.64. The lowest BCUT2D eigenvalue weighted by molar-refractivity contribution is 0.0947. The van der Waals surface area contributed by atoms with Crippen molar-refractivity contribution in [1.29, 1.82) is 0 Å². The van der Waals surface area contributed by atoms with E-state index in [2.05, 4.69) is 10.4 Å². The molecule has 3 aromatic rings. The highest BCUT2D eigenvalue weighted by molar-refractivity contribution is 5.99. The van der Waals surface area contributed by atoms with E-state index in [0.717, 1.165) is 17.7 Å². The number of nitrogens with one attached hydrogen (secondary N) is 1. The summed E-state index contributed by atoms with van der Waals surface area (Å²) in [6.45, 7) is 1.93. The van der Waals surface area contributed by atoms with Crippen LogP contribution >= 0.6 is 0 Å². The van der Waals surface area contributed by atoms with Gasteiger partial charge in [0.15, 0.2) is 11.5 Å². The number of fused-ring (bicyclic) bond motifs is 1. The molecule has 1 aliphatic rings. The highest BCUT2D eigenvalue weighted by Crippen LogP contribution is 2.34. The van der Waals surface area contributed by atoms with Crippen molar-refractivity contribution in [3.05, 3.63) is 54.2 Å². The zero-order valence-corrected chi connectivity index (χ0v) is 17.6. The minimum Gasteiger partial charge on any atom is -0.497 e. The quantitative estimate of drug-likeness (QED) is 0.588. The number of aromatic nitrogens is 2. The van der Waals surface area contributed by atoms with Crippen molar-refractivity contribution in [2.45, 2.75) is 6.42 Å². The van der Waals surface area contributed by atoms with Gasteiger partial charge in [-0.1, -0.05) is 0 Å². The lowest BCUT2D eigenvalue weighted by atomic mass is 10.1. The van der Waals surface area contributed by atoms with Crippen molar-refractivity contribution in [3.63, 3.8) is 0 Å². The van der Waals surface area contributed by atoms with Gasteiger partial charge in [-0.3, -0.25) is 9.48 Å². The van der Waals surface area contributed by atoms with Gasteiger partial charge in [-0.05, 0) is 42.5 Å². The summed E-state index contributed by atoms with van der Waals surface area (Å²) in [6.07, 6.45) is 2.54. The Morgan fingerprint density at radius 2 is 1.84 bits per heavy atom. The molecule has 0 radical (unpaired) electrons. The molecule has 1 N–H and O–H groups in total. The molecule has 1 amide bonds. The second-order valence-electron chi connectivity index (χ2n) is 7.06. The minimum atomic E-state index is -0.214. The smallest absolute Gasteiger partial charge is 0.255 e. The molecular formula is C23H25N3O5. The Hall–Kier alpha value is -3.68. The van der Waals surface area contributed by atoms with E-state index in [1.165, 1.54) is 0 Å². The fourth-order valence-electron chi connectivity index (χ4n) is 3.28. The topological polar surface area (TPSA) is 83.8 Å². The van der Waals surface area contributed by atoms with E-state index >= 15 is 0 Å². The molecule has 162 valence electrons. The average Bonchev–Trinajstić information content (AvgIpc) is 3.03. The van der Waals surface area contributed by atoms with E-state index in [1.54, 1.807) is 25.0 Å². The van der Waals surface area contributed by atoms with Gasteiger partial charge in [0.1, 0.15) is 23.8 Å². The number of rotatable bonds is 7. The van der Waals surface area contributed by atoms with E-state index in [-0.39, 0.29) is 5.91 Å². The molecule has 0 atom stereocenters. The number of carbonyl (C=O) groups excluding carboxylic acids is 1. The number of carbonyl (C=O) groups is 1. The first-order chi connectivity index (χ1) is 15.1. The Balaban J connectivity index is 1.40. The largest absolute Gasteiger partial charge is 0.497 e. The lowest BCUT2D eigenvalue weighted by Crippen LogP contribution is -2.28. The summed E-state index contributed by atoms with van der Waals surface area (Å²) in [5, 5.41) is 7.37. The Morgan fingerprint density at radius 3 is 2.61 bits per heavy atom. The molecular weight excluding hydrogens is 398 g/mol. The molecule has 8 nitrogen and oxygen atoms in total. The monoisotopic (exact) mass is 423 g/mol. The third kappa shape index (κ3) is 4.91. The van der Waals surface area contributed by atoms with Crippen LogP contribution in [0, 0.1) is 0 Å². The second-order valence-corrected chi connectivity index (χ2v) is 7.06. The van der Waals surface area contributed by atoms with Gasteiger partial charge in [0.05, 0.1) is 32.4 Å². The maximum Gasteiger partial charge on any atom is 0.255 e. The molecule has 1 aromatic heterocycles. The molecule has 0 aliphatic carbocycles. The molecule has 0 saturated carbocycles. The molecule has 0 saturated heterocycles. The Labute approximate surface area is 180 Å². The maximum atomic E-state index is 12.8. The summed E-state index contributed by atoms with van der Waals surface area (Å²) >= 11 is 0. The fraction of sp³-hybridized carbons (Fsp3) is 0.304. The van der Waals surface area contributed by atoms with E-state index in [9.17, 15) is 4.79 Å². The Bertz CT molecular complexity index is 1050. The second kappa shape index (κ2) is 9.42. The zero-order valence-electron chi connectivity index (χ0n) is 17.6. The van der Waals surface area contributed by atoms with E-state index in [4.69, 9.17) is 18.9 Å². The molecule has 8 heteroatoms. The van der Waals surface area contributed by atoms with E-state index < -0.39 is 0 Å². The molecule has 0 spiro atoms. The predicted molar refractivity (Wildman–Crippen MR) is 115 cm³/mol. The van der Waals surface area contributed by atoms with Crippen LogP contribution in [-0.2, 0) is 7.05 Å². The summed E-state index contributed by atoms with van der Waals surface area (Å²) in [4.78, 5) is 12.8. The first kappa shape index (κ1) is 20.6. The molecule has 4 rings (SSSR count). The van der Waals surface area contributed by atoms with Gasteiger partial charge in [-0.2, -0.15) is 5.10 Å². The normalized spacial score (nSPS) is 12.7. The molecule has 31 heavy (non-hydrogen) atoms. The lowest BCUT2D eigenvalue weighted by Gasteiger charge is -2.10. The van der Waals surface area contributed by atoms with Gasteiger partial charge in [0, 0.05) is 25.2 Å². The van der Waals surface area contributed by atoms with Crippen LogP contribution in [0.1, 0.15) is 16.8 Å². The summed E-state index contributed by atoms with van der Waals surface area (Å²) in [6, 6.07) is 12.9. The summed E-state index contributed by atoms with van der Waals surface area (Å²) in [7, 11) is 3.40. The first-order valence-corrected chi connectivity index (χ1v) is 10.1. The van der Waals surface area contributed by atoms with Gasteiger partial charge in [-0.25, -0.2) is 0 Å².